The number of nitrogens with zero attached hydrogens (tertiary/aromatic N) is 2. The van der Waals surface area contributed by atoms with E-state index in [1.165, 1.54) is 16.2 Å². The Morgan fingerprint density at radius 2 is 2.12 bits per heavy atom. The van der Waals surface area contributed by atoms with Crippen molar-refractivity contribution in [1.82, 2.24) is 15.2 Å². The van der Waals surface area contributed by atoms with Crippen molar-refractivity contribution in [1.29, 1.82) is 0 Å². The van der Waals surface area contributed by atoms with E-state index in [9.17, 15) is 9.59 Å². The van der Waals surface area contributed by atoms with Gasteiger partial charge in [-0.3, -0.25) is 9.59 Å². The minimum Gasteiger partial charge on any atom is -0.357 e. The van der Waals surface area contributed by atoms with Crippen LogP contribution >= 0.6 is 11.3 Å². The van der Waals surface area contributed by atoms with Crippen LogP contribution in [0.25, 0.3) is 0 Å². The molecule has 24 heavy (non-hydrogen) atoms. The van der Waals surface area contributed by atoms with Gasteiger partial charge in [0, 0.05) is 31.4 Å². The molecule has 0 aliphatic carbocycles. The summed E-state index contributed by atoms with van der Waals surface area (Å²) in [5.41, 5.74) is 7.47. The highest BCUT2D eigenvalue weighted by Gasteiger charge is 2.38. The van der Waals surface area contributed by atoms with Crippen LogP contribution < -0.4 is 11.1 Å². The fourth-order valence-corrected chi connectivity index (χ4v) is 3.72. The Balaban J connectivity index is 1.74. The number of hydrogen-bond acceptors (Lipinski definition) is 5. The third kappa shape index (κ3) is 3.47. The zero-order valence-corrected chi connectivity index (χ0v) is 14.3. The van der Waals surface area contributed by atoms with Crippen LogP contribution in [0.1, 0.15) is 27.5 Å². The maximum absolute atomic E-state index is 12.7. The zero-order chi connectivity index (χ0) is 17.1. The lowest BCUT2D eigenvalue weighted by atomic mass is 10.1. The number of likely N-dealkylation sites (N-methyl/N-ethyl adjacent to an activating group) is 1. The lowest BCUT2D eigenvalue weighted by Crippen LogP contribution is -2.45. The van der Waals surface area contributed by atoms with Crippen molar-refractivity contribution >= 4 is 23.2 Å². The molecule has 1 fully saturated rings. The van der Waals surface area contributed by atoms with Gasteiger partial charge in [-0.1, -0.05) is 30.3 Å². The van der Waals surface area contributed by atoms with Crippen LogP contribution in [0, 0.1) is 0 Å². The Morgan fingerprint density at radius 3 is 2.83 bits per heavy atom. The monoisotopic (exact) mass is 344 g/mol. The topological polar surface area (TPSA) is 88.3 Å². The number of nitrogens with one attached hydrogen (secondary N) is 1. The van der Waals surface area contributed by atoms with Crippen molar-refractivity contribution in [2.24, 2.45) is 5.73 Å². The number of likely N-dealkylation sites (tertiary alicyclic amines) is 1. The van der Waals surface area contributed by atoms with E-state index in [4.69, 9.17) is 5.73 Å². The molecule has 2 aromatic rings. The normalized spacial score (nSPS) is 20.2. The van der Waals surface area contributed by atoms with Crippen LogP contribution in [0.2, 0.25) is 0 Å². The van der Waals surface area contributed by atoms with E-state index in [0.29, 0.717) is 25.1 Å². The Hall–Kier alpha value is -2.25. The SMILES string of the molecule is CNC(=O)[C@@H]1C[C@@H](N)CN1C(=O)c1csc(Cc2ccccc2)n1. The van der Waals surface area contributed by atoms with Gasteiger partial charge in [0.1, 0.15) is 11.7 Å². The van der Waals surface area contributed by atoms with Crippen molar-refractivity contribution in [2.45, 2.75) is 24.9 Å². The first-order valence-electron chi connectivity index (χ1n) is 7.85. The third-order valence-corrected chi connectivity index (χ3v) is 4.96. The van der Waals surface area contributed by atoms with Gasteiger partial charge in [-0.05, 0) is 12.0 Å². The number of thiazole rings is 1. The maximum Gasteiger partial charge on any atom is 0.274 e. The highest BCUT2D eigenvalue weighted by molar-refractivity contribution is 7.09. The number of amides is 2. The average molecular weight is 344 g/mol. The van der Waals surface area contributed by atoms with Crippen LogP contribution in [0.3, 0.4) is 0 Å². The fourth-order valence-electron chi connectivity index (χ4n) is 2.92. The van der Waals surface area contributed by atoms with E-state index in [0.717, 1.165) is 10.6 Å². The van der Waals surface area contributed by atoms with Gasteiger partial charge in [-0.15, -0.1) is 11.3 Å². The molecule has 7 heteroatoms. The molecule has 2 heterocycles. The molecule has 0 radical (unpaired) electrons. The molecule has 0 bridgehead atoms. The predicted octanol–water partition coefficient (Wildman–Crippen LogP) is 1.02. The summed E-state index contributed by atoms with van der Waals surface area (Å²) in [5.74, 6) is -0.414. The van der Waals surface area contributed by atoms with E-state index in [-0.39, 0.29) is 17.9 Å². The third-order valence-electron chi connectivity index (χ3n) is 4.11. The van der Waals surface area contributed by atoms with Crippen LogP contribution in [-0.4, -0.2) is 47.4 Å². The Morgan fingerprint density at radius 1 is 1.38 bits per heavy atom. The Labute approximate surface area is 144 Å². The summed E-state index contributed by atoms with van der Waals surface area (Å²) in [6.07, 6.45) is 1.17. The van der Waals surface area contributed by atoms with Gasteiger partial charge in [0.05, 0.1) is 5.01 Å². The van der Waals surface area contributed by atoms with Gasteiger partial charge in [0.15, 0.2) is 0 Å². The van der Waals surface area contributed by atoms with Crippen molar-refractivity contribution in [3.05, 3.63) is 52.0 Å². The Kier molecular flexibility index (Phi) is 4.92. The first-order valence-corrected chi connectivity index (χ1v) is 8.73. The minimum absolute atomic E-state index is 0.182. The van der Waals surface area contributed by atoms with E-state index in [2.05, 4.69) is 10.3 Å². The van der Waals surface area contributed by atoms with Crippen LogP contribution in [0.5, 0.6) is 0 Å². The van der Waals surface area contributed by atoms with Crippen LogP contribution in [0.4, 0.5) is 0 Å². The summed E-state index contributed by atoms with van der Waals surface area (Å²) in [4.78, 5) is 30.7. The number of hydrogen-bond donors (Lipinski definition) is 2. The zero-order valence-electron chi connectivity index (χ0n) is 13.4. The fraction of sp³-hybridized carbons (Fsp3) is 0.353. The molecule has 1 aromatic heterocycles. The number of benzene rings is 1. The van der Waals surface area contributed by atoms with Gasteiger partial charge in [-0.2, -0.15) is 0 Å². The molecular weight excluding hydrogens is 324 g/mol. The maximum atomic E-state index is 12.7. The van der Waals surface area contributed by atoms with E-state index >= 15 is 0 Å². The quantitative estimate of drug-likeness (QED) is 0.867. The first kappa shape index (κ1) is 16.6. The van der Waals surface area contributed by atoms with Crippen molar-refractivity contribution in [2.75, 3.05) is 13.6 Å². The molecule has 3 rings (SSSR count). The van der Waals surface area contributed by atoms with E-state index < -0.39 is 6.04 Å². The highest BCUT2D eigenvalue weighted by atomic mass is 32.1. The summed E-state index contributed by atoms with van der Waals surface area (Å²) in [7, 11) is 1.57. The lowest BCUT2D eigenvalue weighted by molar-refractivity contribution is -0.124. The van der Waals surface area contributed by atoms with Gasteiger partial charge >= 0.3 is 0 Å². The molecule has 1 aromatic carbocycles. The summed E-state index contributed by atoms with van der Waals surface area (Å²) in [5, 5.41) is 5.23. The van der Waals surface area contributed by atoms with Crippen LogP contribution in [-0.2, 0) is 11.2 Å². The number of nitrogens with two attached hydrogens (primary N) is 1. The van der Waals surface area contributed by atoms with Crippen molar-refractivity contribution < 1.29 is 9.59 Å². The molecule has 6 nitrogen and oxygen atoms in total. The molecule has 1 saturated heterocycles. The molecule has 0 saturated carbocycles. The second-order valence-corrected chi connectivity index (χ2v) is 6.81. The van der Waals surface area contributed by atoms with Crippen molar-refractivity contribution in [3.63, 3.8) is 0 Å². The Bertz CT molecular complexity index is 731. The van der Waals surface area contributed by atoms with Gasteiger partial charge in [0.2, 0.25) is 5.91 Å². The smallest absolute Gasteiger partial charge is 0.274 e. The largest absolute Gasteiger partial charge is 0.357 e. The molecular formula is C17H20N4O2S. The second-order valence-electron chi connectivity index (χ2n) is 5.87. The van der Waals surface area contributed by atoms with Crippen LogP contribution in [0.15, 0.2) is 35.7 Å². The minimum atomic E-state index is -0.517. The number of carbonyl (C=O) groups excluding carboxylic acids is 2. The predicted molar refractivity (Wildman–Crippen MR) is 92.8 cm³/mol. The molecule has 126 valence electrons. The lowest BCUT2D eigenvalue weighted by Gasteiger charge is -2.22. The van der Waals surface area contributed by atoms with Gasteiger partial charge in [0.25, 0.3) is 5.91 Å². The summed E-state index contributed by atoms with van der Waals surface area (Å²) >= 11 is 1.46. The molecule has 0 unspecified atom stereocenters. The van der Waals surface area contributed by atoms with E-state index in [1.807, 2.05) is 30.3 Å². The van der Waals surface area contributed by atoms with Gasteiger partial charge in [-0.25, -0.2) is 4.98 Å². The summed E-state index contributed by atoms with van der Waals surface area (Å²) < 4.78 is 0. The van der Waals surface area contributed by atoms with Crippen molar-refractivity contribution in [3.8, 4) is 0 Å². The second kappa shape index (κ2) is 7.11. The molecule has 2 atom stereocenters. The first-order chi connectivity index (χ1) is 11.6. The molecule has 2 amide bonds. The van der Waals surface area contributed by atoms with E-state index in [1.54, 1.807) is 12.4 Å². The summed E-state index contributed by atoms with van der Waals surface area (Å²) in [6, 6.07) is 9.29. The molecule has 0 spiro atoms. The molecule has 1 aliphatic heterocycles. The highest BCUT2D eigenvalue weighted by Crippen LogP contribution is 2.22. The summed E-state index contributed by atoms with van der Waals surface area (Å²) in [6.45, 7) is 0.377. The van der Waals surface area contributed by atoms with Gasteiger partial charge < -0.3 is 16.0 Å². The molecule has 3 N–H and O–H groups in total. The number of aromatic nitrogens is 1. The number of rotatable bonds is 4. The molecule has 1 aliphatic rings. The standard InChI is InChI=1S/C17H20N4O2S/c1-19-16(22)14-8-12(18)9-21(14)17(23)13-10-24-15(20-13)7-11-5-3-2-4-6-11/h2-6,10,12,14H,7-9,18H2,1H3,(H,19,22)/t12-,14+/m1/s1. The average Bonchev–Trinajstić information content (AvgIpc) is 3.21. The number of carbonyl (C=O) groups is 2.